The minimum absolute atomic E-state index is 0.0940. The van der Waals surface area contributed by atoms with E-state index in [0.717, 1.165) is 22.0 Å². The average molecular weight is 396 g/mol. The molecule has 3 aromatic rings. The summed E-state index contributed by atoms with van der Waals surface area (Å²) >= 11 is 1.51. The fourth-order valence-corrected chi connectivity index (χ4v) is 3.52. The third-order valence-corrected chi connectivity index (χ3v) is 5.19. The topological polar surface area (TPSA) is 72.7 Å². The fraction of sp³-hybridized carbons (Fsp3) is 0.333. The second kappa shape index (κ2) is 8.56. The summed E-state index contributed by atoms with van der Waals surface area (Å²) in [6.07, 6.45) is 0. The van der Waals surface area contributed by atoms with Crippen LogP contribution in [0.2, 0.25) is 0 Å². The molecule has 2 heterocycles. The van der Waals surface area contributed by atoms with E-state index < -0.39 is 0 Å². The molecule has 0 saturated heterocycles. The molecule has 0 aliphatic rings. The minimum atomic E-state index is -0.0940. The molecule has 1 amide bonds. The first-order chi connectivity index (χ1) is 13.3. The van der Waals surface area contributed by atoms with Crippen LogP contribution in [-0.2, 0) is 4.79 Å². The lowest BCUT2D eigenvalue weighted by Crippen LogP contribution is -2.18. The number of aromatic nitrogens is 4. The number of carbonyl (C=O) groups is 1. The maximum Gasteiger partial charge on any atom is 0.252 e. The first-order valence-corrected chi connectivity index (χ1v) is 10.2. The monoisotopic (exact) mass is 395 g/mol. The van der Waals surface area contributed by atoms with Gasteiger partial charge in [0, 0.05) is 22.3 Å². The van der Waals surface area contributed by atoms with Crippen LogP contribution in [0.4, 0.5) is 5.82 Å². The zero-order valence-electron chi connectivity index (χ0n) is 16.9. The van der Waals surface area contributed by atoms with Gasteiger partial charge in [-0.25, -0.2) is 9.97 Å². The predicted octanol–water partition coefficient (Wildman–Crippen LogP) is 4.44. The number of rotatable bonds is 6. The summed E-state index contributed by atoms with van der Waals surface area (Å²) in [4.78, 5) is 22.4. The van der Waals surface area contributed by atoms with Crippen molar-refractivity contribution in [2.45, 2.75) is 45.4 Å². The summed E-state index contributed by atoms with van der Waals surface area (Å²) in [7, 11) is 0. The minimum Gasteiger partial charge on any atom is -0.310 e. The third kappa shape index (κ3) is 4.98. The summed E-state index contributed by atoms with van der Waals surface area (Å²) in [6.45, 7) is 10.0. The molecule has 0 atom stereocenters. The summed E-state index contributed by atoms with van der Waals surface area (Å²) in [5.41, 5.74) is 3.79. The van der Waals surface area contributed by atoms with Crippen molar-refractivity contribution in [2.24, 2.45) is 0 Å². The molecule has 0 aliphatic heterocycles. The van der Waals surface area contributed by atoms with E-state index >= 15 is 0 Å². The van der Waals surface area contributed by atoms with E-state index in [1.54, 1.807) is 4.68 Å². The van der Waals surface area contributed by atoms with Crippen molar-refractivity contribution in [3.8, 4) is 5.95 Å². The zero-order chi connectivity index (χ0) is 20.3. The summed E-state index contributed by atoms with van der Waals surface area (Å²) in [5.74, 6) is 1.75. The van der Waals surface area contributed by atoms with Gasteiger partial charge in [0.2, 0.25) is 5.91 Å². The number of benzene rings is 1. The molecule has 6 nitrogen and oxygen atoms in total. The highest BCUT2D eigenvalue weighted by atomic mass is 32.2. The predicted molar refractivity (Wildman–Crippen MR) is 113 cm³/mol. The zero-order valence-corrected chi connectivity index (χ0v) is 17.7. The Morgan fingerprint density at radius 1 is 1.04 bits per heavy atom. The number of nitrogens with one attached hydrogen (secondary N) is 1. The van der Waals surface area contributed by atoms with E-state index in [0.29, 0.717) is 23.4 Å². The molecule has 1 aromatic carbocycles. The first-order valence-electron chi connectivity index (χ1n) is 9.24. The van der Waals surface area contributed by atoms with Crippen LogP contribution in [0.3, 0.4) is 0 Å². The van der Waals surface area contributed by atoms with Gasteiger partial charge in [-0.1, -0.05) is 26.0 Å². The van der Waals surface area contributed by atoms with Crippen LogP contribution in [0.5, 0.6) is 0 Å². The van der Waals surface area contributed by atoms with E-state index in [1.807, 2.05) is 32.9 Å². The summed E-state index contributed by atoms with van der Waals surface area (Å²) < 4.78 is 1.58. The molecule has 2 aromatic heterocycles. The van der Waals surface area contributed by atoms with Gasteiger partial charge in [0.1, 0.15) is 5.82 Å². The second-order valence-corrected chi connectivity index (χ2v) is 8.14. The van der Waals surface area contributed by atoms with Crippen molar-refractivity contribution >= 4 is 23.5 Å². The van der Waals surface area contributed by atoms with Gasteiger partial charge in [-0.3, -0.25) is 4.79 Å². The number of hydrogen-bond donors (Lipinski definition) is 1. The van der Waals surface area contributed by atoms with Crippen molar-refractivity contribution in [3.63, 3.8) is 0 Å². The Kier molecular flexibility index (Phi) is 6.14. The van der Waals surface area contributed by atoms with Gasteiger partial charge in [0.15, 0.2) is 0 Å². The third-order valence-electron chi connectivity index (χ3n) is 4.18. The van der Waals surface area contributed by atoms with Crippen LogP contribution in [-0.4, -0.2) is 31.4 Å². The molecule has 3 rings (SSSR count). The van der Waals surface area contributed by atoms with Crippen LogP contribution < -0.4 is 5.32 Å². The van der Waals surface area contributed by atoms with Gasteiger partial charge >= 0.3 is 0 Å². The lowest BCUT2D eigenvalue weighted by Gasteiger charge is -2.09. The Morgan fingerprint density at radius 3 is 2.29 bits per heavy atom. The molecule has 0 radical (unpaired) electrons. The number of aryl methyl sites for hydroxylation is 3. The number of amides is 1. The van der Waals surface area contributed by atoms with Gasteiger partial charge in [0.25, 0.3) is 5.95 Å². The maximum atomic E-state index is 12.5. The van der Waals surface area contributed by atoms with Crippen molar-refractivity contribution in [1.82, 2.24) is 19.7 Å². The first kappa shape index (κ1) is 20.1. The lowest BCUT2D eigenvalue weighted by molar-refractivity contribution is -0.113. The molecule has 146 valence electrons. The van der Waals surface area contributed by atoms with Crippen LogP contribution in [0.25, 0.3) is 5.95 Å². The van der Waals surface area contributed by atoms with E-state index in [1.165, 1.54) is 17.3 Å². The summed E-state index contributed by atoms with van der Waals surface area (Å²) in [5, 5.41) is 7.36. The molecule has 0 spiro atoms. The van der Waals surface area contributed by atoms with Gasteiger partial charge in [-0.2, -0.15) is 9.78 Å². The lowest BCUT2D eigenvalue weighted by atomic mass is 10.0. The maximum absolute atomic E-state index is 12.5. The van der Waals surface area contributed by atoms with Gasteiger partial charge < -0.3 is 5.32 Å². The Bertz CT molecular complexity index is 959. The fourth-order valence-electron chi connectivity index (χ4n) is 2.82. The van der Waals surface area contributed by atoms with Crippen molar-refractivity contribution in [3.05, 3.63) is 59.0 Å². The molecule has 0 aliphatic carbocycles. The molecule has 0 saturated carbocycles. The standard InChI is InChI=1S/C21H25N5OS/c1-13(2)17-6-8-18(9-7-17)28-12-20(27)24-19-11-16(5)25-26(19)21-22-14(3)10-15(4)23-21/h6-11,13H,12H2,1-5H3,(H,24,27). The van der Waals surface area contributed by atoms with E-state index in [9.17, 15) is 4.79 Å². The molecule has 1 N–H and O–H groups in total. The van der Waals surface area contributed by atoms with Crippen LogP contribution >= 0.6 is 11.8 Å². The normalized spacial score (nSPS) is 11.1. The van der Waals surface area contributed by atoms with Crippen molar-refractivity contribution < 1.29 is 4.79 Å². The highest BCUT2D eigenvalue weighted by molar-refractivity contribution is 8.00. The van der Waals surface area contributed by atoms with Crippen molar-refractivity contribution in [1.29, 1.82) is 0 Å². The van der Waals surface area contributed by atoms with Crippen LogP contribution in [0.1, 0.15) is 42.4 Å². The number of anilines is 1. The molecule has 0 unspecified atom stereocenters. The molecule has 0 bridgehead atoms. The van der Waals surface area contributed by atoms with Gasteiger partial charge in [-0.15, -0.1) is 11.8 Å². The molecular weight excluding hydrogens is 370 g/mol. The Balaban J connectivity index is 1.69. The van der Waals surface area contributed by atoms with E-state index in [-0.39, 0.29) is 5.91 Å². The average Bonchev–Trinajstić information content (AvgIpc) is 2.99. The SMILES string of the molecule is Cc1cc(C)nc(-n2nc(C)cc2NC(=O)CSc2ccc(C(C)C)cc2)n1. The Morgan fingerprint density at radius 2 is 1.68 bits per heavy atom. The Hall–Kier alpha value is -2.67. The number of carbonyl (C=O) groups excluding carboxylic acids is 1. The molecule has 28 heavy (non-hydrogen) atoms. The van der Waals surface area contributed by atoms with E-state index in [4.69, 9.17) is 0 Å². The van der Waals surface area contributed by atoms with Crippen molar-refractivity contribution in [2.75, 3.05) is 11.1 Å². The number of hydrogen-bond acceptors (Lipinski definition) is 5. The van der Waals surface area contributed by atoms with Gasteiger partial charge in [-0.05, 0) is 50.5 Å². The highest BCUT2D eigenvalue weighted by Crippen LogP contribution is 2.22. The smallest absolute Gasteiger partial charge is 0.252 e. The van der Waals surface area contributed by atoms with Crippen LogP contribution in [0, 0.1) is 20.8 Å². The van der Waals surface area contributed by atoms with Crippen LogP contribution in [0.15, 0.2) is 41.3 Å². The largest absolute Gasteiger partial charge is 0.310 e. The molecule has 0 fully saturated rings. The number of nitrogens with zero attached hydrogens (tertiary/aromatic N) is 4. The molecule has 7 heteroatoms. The number of thioether (sulfide) groups is 1. The quantitative estimate of drug-likeness (QED) is 0.625. The Labute approximate surface area is 169 Å². The molecular formula is C21H25N5OS. The van der Waals surface area contributed by atoms with Gasteiger partial charge in [0.05, 0.1) is 11.4 Å². The van der Waals surface area contributed by atoms with E-state index in [2.05, 4.69) is 58.5 Å². The summed E-state index contributed by atoms with van der Waals surface area (Å²) in [6, 6.07) is 12.1. The second-order valence-electron chi connectivity index (χ2n) is 7.09. The highest BCUT2D eigenvalue weighted by Gasteiger charge is 2.14.